The monoisotopic (exact) mass is 262 g/mol. The van der Waals surface area contributed by atoms with Gasteiger partial charge in [0, 0.05) is 6.92 Å². The normalized spacial score (nSPS) is 16.8. The number of ether oxygens (including phenoxy) is 1. The number of amides is 1. The molecule has 1 amide bonds. The van der Waals surface area contributed by atoms with Gasteiger partial charge in [0.1, 0.15) is 5.75 Å². The van der Waals surface area contributed by atoms with Gasteiger partial charge in [-0.05, 0) is 35.5 Å². The number of carbonyl (C=O) groups excluding carboxylic acids is 2. The Kier molecular flexibility index (Phi) is 3.47. The molecule has 0 aliphatic carbocycles. The molecule has 0 unspecified atom stereocenters. The average molecular weight is 262 g/mol. The van der Waals surface area contributed by atoms with Crippen LogP contribution in [0, 0.1) is 0 Å². The number of hydrogen-bond acceptors (Lipinski definition) is 5. The predicted octanol–water partition coefficient (Wildman–Crippen LogP) is 1.54. The summed E-state index contributed by atoms with van der Waals surface area (Å²) in [6, 6.07) is 6.86. The summed E-state index contributed by atoms with van der Waals surface area (Å²) in [5.74, 6) is -0.310. The van der Waals surface area contributed by atoms with Crippen LogP contribution in [0.3, 0.4) is 0 Å². The lowest BCUT2D eigenvalue weighted by atomic mass is 10.2. The van der Waals surface area contributed by atoms with Gasteiger partial charge in [0.15, 0.2) is 5.17 Å². The summed E-state index contributed by atoms with van der Waals surface area (Å²) in [5, 5.41) is 0.238. The van der Waals surface area contributed by atoms with Crippen molar-refractivity contribution < 1.29 is 14.3 Å². The Labute approximate surface area is 108 Å². The Hall–Kier alpha value is -2.08. The van der Waals surface area contributed by atoms with E-state index in [4.69, 9.17) is 10.5 Å². The zero-order valence-electron chi connectivity index (χ0n) is 9.54. The number of hydrogen-bond donors (Lipinski definition) is 1. The highest BCUT2D eigenvalue weighted by atomic mass is 32.2. The van der Waals surface area contributed by atoms with Crippen LogP contribution in [0.4, 0.5) is 0 Å². The third-order valence-corrected chi connectivity index (χ3v) is 2.87. The maximum atomic E-state index is 11.4. The predicted molar refractivity (Wildman–Crippen MR) is 69.9 cm³/mol. The van der Waals surface area contributed by atoms with E-state index in [-0.39, 0.29) is 11.1 Å². The molecule has 1 heterocycles. The van der Waals surface area contributed by atoms with E-state index in [0.29, 0.717) is 10.7 Å². The SMILES string of the molecule is CC(=O)Oc1cccc(/C=C2\SC(N)=NC2=O)c1. The van der Waals surface area contributed by atoms with Gasteiger partial charge in [-0.25, -0.2) is 0 Å². The molecule has 1 aromatic carbocycles. The molecule has 6 heteroatoms. The van der Waals surface area contributed by atoms with Crippen LogP contribution in [0.5, 0.6) is 5.75 Å². The molecule has 0 saturated heterocycles. The Morgan fingerprint density at radius 3 is 2.89 bits per heavy atom. The fraction of sp³-hybridized carbons (Fsp3) is 0.0833. The van der Waals surface area contributed by atoms with E-state index < -0.39 is 5.97 Å². The van der Waals surface area contributed by atoms with Gasteiger partial charge in [0.25, 0.3) is 5.91 Å². The Morgan fingerprint density at radius 2 is 2.28 bits per heavy atom. The number of benzene rings is 1. The van der Waals surface area contributed by atoms with E-state index in [1.165, 1.54) is 6.92 Å². The lowest BCUT2D eigenvalue weighted by Crippen LogP contribution is -2.01. The quantitative estimate of drug-likeness (QED) is 0.496. The summed E-state index contributed by atoms with van der Waals surface area (Å²) in [4.78, 5) is 26.3. The number of thioether (sulfide) groups is 1. The molecule has 0 saturated carbocycles. The van der Waals surface area contributed by atoms with Gasteiger partial charge in [0.2, 0.25) is 0 Å². The zero-order chi connectivity index (χ0) is 13.1. The summed E-state index contributed by atoms with van der Waals surface area (Å²) in [5.41, 5.74) is 6.19. The van der Waals surface area contributed by atoms with E-state index in [2.05, 4.69) is 4.99 Å². The number of aliphatic imine (C=N–C) groups is 1. The van der Waals surface area contributed by atoms with E-state index in [1.54, 1.807) is 30.3 Å². The Morgan fingerprint density at radius 1 is 1.50 bits per heavy atom. The van der Waals surface area contributed by atoms with Crippen LogP contribution < -0.4 is 10.5 Å². The van der Waals surface area contributed by atoms with Crippen molar-refractivity contribution in [2.24, 2.45) is 10.7 Å². The molecule has 1 aliphatic rings. The molecule has 1 aliphatic heterocycles. The van der Waals surface area contributed by atoms with Gasteiger partial charge >= 0.3 is 5.97 Å². The highest BCUT2D eigenvalue weighted by molar-refractivity contribution is 8.18. The second-order valence-corrected chi connectivity index (χ2v) is 4.59. The number of rotatable bonds is 2. The van der Waals surface area contributed by atoms with Crippen LogP contribution in [0.15, 0.2) is 34.2 Å². The fourth-order valence-corrected chi connectivity index (χ4v) is 2.09. The summed E-state index contributed by atoms with van der Waals surface area (Å²) in [6.07, 6.45) is 1.66. The van der Waals surface area contributed by atoms with Gasteiger partial charge in [0.05, 0.1) is 4.91 Å². The van der Waals surface area contributed by atoms with Crippen LogP contribution >= 0.6 is 11.8 Å². The average Bonchev–Trinajstić information content (AvgIpc) is 2.57. The van der Waals surface area contributed by atoms with Crippen molar-refractivity contribution in [2.75, 3.05) is 0 Å². The number of nitrogens with zero attached hydrogens (tertiary/aromatic N) is 1. The molecule has 2 N–H and O–H groups in total. The lowest BCUT2D eigenvalue weighted by Gasteiger charge is -2.02. The zero-order valence-corrected chi connectivity index (χ0v) is 10.4. The third-order valence-electron chi connectivity index (χ3n) is 2.05. The Balaban J connectivity index is 2.22. The van der Waals surface area contributed by atoms with E-state index >= 15 is 0 Å². The summed E-state index contributed by atoms with van der Waals surface area (Å²) in [6.45, 7) is 1.33. The fourth-order valence-electron chi connectivity index (χ4n) is 1.41. The van der Waals surface area contributed by atoms with Gasteiger partial charge < -0.3 is 10.5 Å². The van der Waals surface area contributed by atoms with Crippen LogP contribution in [-0.2, 0) is 9.59 Å². The smallest absolute Gasteiger partial charge is 0.308 e. The van der Waals surface area contributed by atoms with Crippen LogP contribution in [0.25, 0.3) is 6.08 Å². The molecule has 0 fully saturated rings. The molecule has 92 valence electrons. The molecule has 0 atom stereocenters. The van der Waals surface area contributed by atoms with Crippen molar-refractivity contribution in [1.82, 2.24) is 0 Å². The van der Waals surface area contributed by atoms with Crippen molar-refractivity contribution in [3.8, 4) is 5.75 Å². The number of nitrogens with two attached hydrogens (primary N) is 1. The van der Waals surface area contributed by atoms with Crippen LogP contribution in [0.1, 0.15) is 12.5 Å². The highest BCUT2D eigenvalue weighted by Gasteiger charge is 2.19. The minimum Gasteiger partial charge on any atom is -0.427 e. The first-order valence-corrected chi connectivity index (χ1v) is 5.93. The standard InChI is InChI=1S/C12H10N2O3S/c1-7(15)17-9-4-2-3-8(5-9)6-10-11(16)14-12(13)18-10/h2-6H,1H3,(H2,13,14,16)/b10-6-. The van der Waals surface area contributed by atoms with E-state index in [1.807, 2.05) is 0 Å². The van der Waals surface area contributed by atoms with Crippen molar-refractivity contribution >= 4 is 34.9 Å². The molecule has 2 rings (SSSR count). The van der Waals surface area contributed by atoms with Gasteiger partial charge in [-0.3, -0.25) is 9.59 Å². The summed E-state index contributed by atoms with van der Waals surface area (Å²) >= 11 is 1.12. The second-order valence-electron chi connectivity index (χ2n) is 3.53. The molecular formula is C12H10N2O3S. The van der Waals surface area contributed by atoms with Crippen molar-refractivity contribution in [3.05, 3.63) is 34.7 Å². The summed E-state index contributed by atoms with van der Waals surface area (Å²) < 4.78 is 4.95. The minimum absolute atomic E-state index is 0.238. The molecular weight excluding hydrogens is 252 g/mol. The molecule has 0 spiro atoms. The third kappa shape index (κ3) is 2.98. The molecule has 5 nitrogen and oxygen atoms in total. The maximum absolute atomic E-state index is 11.4. The topological polar surface area (TPSA) is 81.8 Å². The van der Waals surface area contributed by atoms with Crippen molar-refractivity contribution in [3.63, 3.8) is 0 Å². The molecule has 18 heavy (non-hydrogen) atoms. The molecule has 0 aromatic heterocycles. The first-order valence-electron chi connectivity index (χ1n) is 5.11. The molecule has 1 aromatic rings. The lowest BCUT2D eigenvalue weighted by molar-refractivity contribution is -0.131. The van der Waals surface area contributed by atoms with Crippen molar-refractivity contribution in [2.45, 2.75) is 6.92 Å². The Bertz CT molecular complexity index is 578. The highest BCUT2D eigenvalue weighted by Crippen LogP contribution is 2.27. The maximum Gasteiger partial charge on any atom is 0.308 e. The molecule has 0 bridgehead atoms. The van der Waals surface area contributed by atoms with E-state index in [9.17, 15) is 9.59 Å². The van der Waals surface area contributed by atoms with Gasteiger partial charge in [-0.1, -0.05) is 12.1 Å². The van der Waals surface area contributed by atoms with Crippen molar-refractivity contribution in [1.29, 1.82) is 0 Å². The van der Waals surface area contributed by atoms with Crippen LogP contribution in [-0.4, -0.2) is 17.0 Å². The summed E-state index contributed by atoms with van der Waals surface area (Å²) in [7, 11) is 0. The number of esters is 1. The first kappa shape index (κ1) is 12.4. The minimum atomic E-state index is -0.390. The van der Waals surface area contributed by atoms with Gasteiger partial charge in [-0.15, -0.1) is 0 Å². The largest absolute Gasteiger partial charge is 0.427 e. The molecule has 0 radical (unpaired) electrons. The second kappa shape index (κ2) is 5.05. The number of carbonyl (C=O) groups is 2. The number of amidine groups is 1. The van der Waals surface area contributed by atoms with Gasteiger partial charge in [-0.2, -0.15) is 4.99 Å². The first-order chi connectivity index (χ1) is 8.54. The van der Waals surface area contributed by atoms with E-state index in [0.717, 1.165) is 17.3 Å². The van der Waals surface area contributed by atoms with Crippen LogP contribution in [0.2, 0.25) is 0 Å².